The van der Waals surface area contributed by atoms with E-state index in [0.717, 1.165) is 5.56 Å². The number of carboxylic acids is 1. The number of amides is 1. The van der Waals surface area contributed by atoms with Crippen LogP contribution in [0.2, 0.25) is 0 Å². The van der Waals surface area contributed by atoms with Crippen molar-refractivity contribution in [2.75, 3.05) is 6.26 Å². The van der Waals surface area contributed by atoms with Crippen LogP contribution in [0.1, 0.15) is 37.8 Å². The van der Waals surface area contributed by atoms with Gasteiger partial charge in [-0.2, -0.15) is 11.8 Å². The third kappa shape index (κ3) is 6.10. The molecule has 0 aliphatic heterocycles. The van der Waals surface area contributed by atoms with Crippen molar-refractivity contribution in [1.82, 2.24) is 5.32 Å². The van der Waals surface area contributed by atoms with E-state index in [1.165, 1.54) is 0 Å². The average Bonchev–Trinajstić information content (AvgIpc) is 2.44. The molecule has 20 heavy (non-hydrogen) atoms. The molecular weight excluding hydrogens is 274 g/mol. The zero-order chi connectivity index (χ0) is 15.0. The Kier molecular flexibility index (Phi) is 7.15. The first-order chi connectivity index (χ1) is 9.52. The molecule has 4 nitrogen and oxygen atoms in total. The van der Waals surface area contributed by atoms with Gasteiger partial charge in [-0.25, -0.2) is 0 Å². The molecule has 0 fully saturated rings. The molecule has 0 aliphatic carbocycles. The van der Waals surface area contributed by atoms with Gasteiger partial charge in [0.25, 0.3) is 0 Å². The summed E-state index contributed by atoms with van der Waals surface area (Å²) in [4.78, 5) is 22.7. The molecule has 0 saturated carbocycles. The molecule has 110 valence electrons. The summed E-state index contributed by atoms with van der Waals surface area (Å²) < 4.78 is 0. The maximum Gasteiger partial charge on any atom is 0.303 e. The molecule has 0 aromatic heterocycles. The Balaban J connectivity index is 2.68. The second-order valence-corrected chi connectivity index (χ2v) is 5.99. The minimum Gasteiger partial charge on any atom is -0.481 e. The van der Waals surface area contributed by atoms with Crippen molar-refractivity contribution in [3.05, 3.63) is 35.9 Å². The zero-order valence-corrected chi connectivity index (χ0v) is 12.7. The van der Waals surface area contributed by atoms with Gasteiger partial charge in [0, 0.05) is 18.1 Å². The molecule has 5 heteroatoms. The Hall–Kier alpha value is -1.49. The van der Waals surface area contributed by atoms with Crippen molar-refractivity contribution in [1.29, 1.82) is 0 Å². The number of benzene rings is 1. The normalized spacial score (nSPS) is 13.5. The van der Waals surface area contributed by atoms with Crippen LogP contribution in [0.5, 0.6) is 0 Å². The lowest BCUT2D eigenvalue weighted by molar-refractivity contribution is -0.137. The molecule has 1 aromatic rings. The number of carboxylic acid groups (broad SMARTS) is 1. The van der Waals surface area contributed by atoms with E-state index in [0.29, 0.717) is 12.8 Å². The van der Waals surface area contributed by atoms with Crippen LogP contribution in [-0.4, -0.2) is 28.5 Å². The number of carbonyl (C=O) groups excluding carboxylic acids is 1. The van der Waals surface area contributed by atoms with Gasteiger partial charge in [0.15, 0.2) is 0 Å². The number of hydrogen-bond acceptors (Lipinski definition) is 3. The quantitative estimate of drug-likeness (QED) is 0.774. The second kappa shape index (κ2) is 8.64. The highest BCUT2D eigenvalue weighted by atomic mass is 32.2. The summed E-state index contributed by atoms with van der Waals surface area (Å²) in [5.41, 5.74) is 0.943. The first-order valence-corrected chi connectivity index (χ1v) is 7.90. The summed E-state index contributed by atoms with van der Waals surface area (Å²) in [6.45, 7) is 2.00. The van der Waals surface area contributed by atoms with Crippen molar-refractivity contribution in [2.45, 2.75) is 37.5 Å². The molecule has 0 aliphatic rings. The van der Waals surface area contributed by atoms with E-state index in [2.05, 4.69) is 5.32 Å². The molecular formula is C15H21NO3S. The van der Waals surface area contributed by atoms with E-state index in [1.54, 1.807) is 11.8 Å². The highest BCUT2D eigenvalue weighted by Crippen LogP contribution is 2.19. The summed E-state index contributed by atoms with van der Waals surface area (Å²) in [5.74, 6) is -0.885. The predicted octanol–water partition coefficient (Wildman–Crippen LogP) is 2.85. The van der Waals surface area contributed by atoms with Crippen LogP contribution >= 0.6 is 11.8 Å². The van der Waals surface area contributed by atoms with Crippen LogP contribution in [0.25, 0.3) is 0 Å². The number of hydrogen-bond donors (Lipinski definition) is 2. The van der Waals surface area contributed by atoms with E-state index in [-0.39, 0.29) is 23.6 Å². The van der Waals surface area contributed by atoms with Gasteiger partial charge < -0.3 is 10.4 Å². The molecule has 1 rings (SSSR count). The second-order valence-electron chi connectivity index (χ2n) is 4.71. The van der Waals surface area contributed by atoms with Crippen molar-refractivity contribution in [2.24, 2.45) is 0 Å². The lowest BCUT2D eigenvalue weighted by Crippen LogP contribution is -2.30. The van der Waals surface area contributed by atoms with Crippen molar-refractivity contribution in [3.63, 3.8) is 0 Å². The molecule has 0 saturated heterocycles. The highest BCUT2D eigenvalue weighted by molar-refractivity contribution is 7.99. The first kappa shape index (κ1) is 16.6. The number of aliphatic carboxylic acids is 1. The molecule has 1 aromatic carbocycles. The Morgan fingerprint density at radius 3 is 2.50 bits per heavy atom. The van der Waals surface area contributed by atoms with Gasteiger partial charge in [0.2, 0.25) is 5.91 Å². The van der Waals surface area contributed by atoms with Crippen LogP contribution in [0, 0.1) is 0 Å². The third-order valence-electron chi connectivity index (χ3n) is 3.06. The summed E-state index contributed by atoms with van der Waals surface area (Å²) in [6.07, 6.45) is 2.85. The van der Waals surface area contributed by atoms with Gasteiger partial charge in [-0.3, -0.25) is 9.59 Å². The molecule has 0 heterocycles. The minimum absolute atomic E-state index is 0.0360. The minimum atomic E-state index is -0.849. The molecule has 2 N–H and O–H groups in total. The summed E-state index contributed by atoms with van der Waals surface area (Å²) >= 11 is 1.64. The van der Waals surface area contributed by atoms with Gasteiger partial charge in [-0.15, -0.1) is 0 Å². The van der Waals surface area contributed by atoms with Gasteiger partial charge in [-0.1, -0.05) is 37.3 Å². The molecule has 0 bridgehead atoms. The van der Waals surface area contributed by atoms with Crippen molar-refractivity contribution in [3.8, 4) is 0 Å². The lowest BCUT2D eigenvalue weighted by atomic mass is 10.0. The van der Waals surface area contributed by atoms with E-state index < -0.39 is 5.97 Å². The number of rotatable bonds is 8. The zero-order valence-electron chi connectivity index (χ0n) is 11.8. The molecule has 0 spiro atoms. The molecule has 2 unspecified atom stereocenters. The summed E-state index contributed by atoms with van der Waals surface area (Å²) in [7, 11) is 0. The van der Waals surface area contributed by atoms with E-state index in [1.807, 2.05) is 43.5 Å². The maximum atomic E-state index is 12.0. The third-order valence-corrected chi connectivity index (χ3v) is 4.03. The van der Waals surface area contributed by atoms with Crippen molar-refractivity contribution >= 4 is 23.6 Å². The van der Waals surface area contributed by atoms with Crippen LogP contribution in [0.3, 0.4) is 0 Å². The predicted molar refractivity (Wildman–Crippen MR) is 81.8 cm³/mol. The van der Waals surface area contributed by atoms with Gasteiger partial charge >= 0.3 is 5.97 Å². The first-order valence-electron chi connectivity index (χ1n) is 6.61. The van der Waals surface area contributed by atoms with E-state index in [9.17, 15) is 9.59 Å². The fourth-order valence-electron chi connectivity index (χ4n) is 1.87. The lowest BCUT2D eigenvalue weighted by Gasteiger charge is -2.19. The van der Waals surface area contributed by atoms with Crippen LogP contribution in [-0.2, 0) is 9.59 Å². The van der Waals surface area contributed by atoms with Crippen LogP contribution in [0.15, 0.2) is 30.3 Å². The van der Waals surface area contributed by atoms with Crippen molar-refractivity contribution < 1.29 is 14.7 Å². The number of nitrogens with one attached hydrogen (secondary N) is 1. The Morgan fingerprint density at radius 1 is 1.30 bits per heavy atom. The number of carbonyl (C=O) groups is 2. The van der Waals surface area contributed by atoms with E-state index in [4.69, 9.17) is 5.11 Å². The molecule has 2 atom stereocenters. The largest absolute Gasteiger partial charge is 0.481 e. The van der Waals surface area contributed by atoms with Gasteiger partial charge in [-0.05, 0) is 18.2 Å². The Morgan fingerprint density at radius 2 is 1.95 bits per heavy atom. The summed E-state index contributed by atoms with van der Waals surface area (Å²) in [5, 5.41) is 12.0. The van der Waals surface area contributed by atoms with E-state index >= 15 is 0 Å². The Bertz CT molecular complexity index is 436. The van der Waals surface area contributed by atoms with Crippen LogP contribution in [0.4, 0.5) is 0 Å². The summed E-state index contributed by atoms with van der Waals surface area (Å²) in [6, 6.07) is 9.25. The average molecular weight is 295 g/mol. The maximum absolute atomic E-state index is 12.0. The fourth-order valence-corrected chi connectivity index (χ4v) is 2.19. The monoisotopic (exact) mass is 295 g/mol. The highest BCUT2D eigenvalue weighted by Gasteiger charge is 2.17. The number of thioether (sulfide) groups is 1. The van der Waals surface area contributed by atoms with Crippen LogP contribution < -0.4 is 5.32 Å². The Labute approximate surface area is 124 Å². The smallest absolute Gasteiger partial charge is 0.303 e. The SMILES string of the molecule is CSC(C)CC(=O)NC(CCC(=O)O)c1ccccc1. The van der Waals surface area contributed by atoms with Gasteiger partial charge in [0.1, 0.15) is 0 Å². The fraction of sp³-hybridized carbons (Fsp3) is 0.467. The molecule has 0 radical (unpaired) electrons. The topological polar surface area (TPSA) is 66.4 Å². The molecule has 1 amide bonds. The van der Waals surface area contributed by atoms with Gasteiger partial charge in [0.05, 0.1) is 6.04 Å². The standard InChI is InChI=1S/C15H21NO3S/c1-11(20-2)10-14(17)16-13(8-9-15(18)19)12-6-4-3-5-7-12/h3-7,11,13H,8-10H2,1-2H3,(H,16,17)(H,18,19).